The van der Waals surface area contributed by atoms with Crippen molar-refractivity contribution in [2.75, 3.05) is 6.54 Å². The highest BCUT2D eigenvalue weighted by atomic mass is 19.1. The number of hydrogen-bond donors (Lipinski definition) is 1. The number of nitrogens with one attached hydrogen (secondary N) is 1. The molecular weight excluding hydrogens is 213 g/mol. The molecule has 1 rings (SSSR count). The summed E-state index contributed by atoms with van der Waals surface area (Å²) in [5, 5.41) is 3.54. The second-order valence-corrected chi connectivity index (χ2v) is 4.55. The molecule has 0 aromatic heterocycles. The van der Waals surface area contributed by atoms with E-state index in [2.05, 4.69) is 19.2 Å². The van der Waals surface area contributed by atoms with Gasteiger partial charge in [-0.1, -0.05) is 45.2 Å². The van der Waals surface area contributed by atoms with E-state index in [1.165, 1.54) is 24.8 Å². The maximum absolute atomic E-state index is 12.9. The Kier molecular flexibility index (Phi) is 6.87. The molecule has 1 aromatic rings. The van der Waals surface area contributed by atoms with Gasteiger partial charge in [0.15, 0.2) is 0 Å². The maximum Gasteiger partial charge on any atom is 0.123 e. The average molecular weight is 237 g/mol. The number of hydrogen-bond acceptors (Lipinski definition) is 1. The lowest BCUT2D eigenvalue weighted by molar-refractivity contribution is 0.473. The van der Waals surface area contributed by atoms with Crippen LogP contribution in [0.4, 0.5) is 4.39 Å². The van der Waals surface area contributed by atoms with Crippen molar-refractivity contribution in [3.05, 3.63) is 35.6 Å². The van der Waals surface area contributed by atoms with E-state index in [0.717, 1.165) is 19.4 Å². The smallest absolute Gasteiger partial charge is 0.123 e. The Labute approximate surface area is 104 Å². The van der Waals surface area contributed by atoms with Gasteiger partial charge in [0.2, 0.25) is 0 Å². The summed E-state index contributed by atoms with van der Waals surface area (Å²) < 4.78 is 12.9. The van der Waals surface area contributed by atoms with E-state index < -0.39 is 0 Å². The first-order chi connectivity index (χ1) is 8.27. The molecule has 0 saturated heterocycles. The first kappa shape index (κ1) is 14.2. The lowest BCUT2D eigenvalue weighted by Crippen LogP contribution is -2.22. The Morgan fingerprint density at radius 3 is 2.35 bits per heavy atom. The fraction of sp³-hybridized carbons (Fsp3) is 0.600. The van der Waals surface area contributed by atoms with E-state index in [4.69, 9.17) is 0 Å². The quantitative estimate of drug-likeness (QED) is 0.659. The molecule has 0 amide bonds. The van der Waals surface area contributed by atoms with E-state index in [1.807, 2.05) is 12.1 Å². The molecular formula is C15H24FN. The molecule has 1 N–H and O–H groups in total. The molecule has 0 radical (unpaired) electrons. The normalized spacial score (nSPS) is 12.6. The third kappa shape index (κ3) is 5.31. The number of rotatable bonds is 8. The van der Waals surface area contributed by atoms with E-state index >= 15 is 0 Å². The average Bonchev–Trinajstić information content (AvgIpc) is 2.35. The largest absolute Gasteiger partial charge is 0.310 e. The third-order valence-electron chi connectivity index (χ3n) is 3.01. The van der Waals surface area contributed by atoms with Crippen molar-refractivity contribution >= 4 is 0 Å². The molecule has 1 nitrogen and oxygen atoms in total. The lowest BCUT2D eigenvalue weighted by atomic mass is 10.0. The minimum absolute atomic E-state index is 0.156. The van der Waals surface area contributed by atoms with Crippen LogP contribution >= 0.6 is 0 Å². The summed E-state index contributed by atoms with van der Waals surface area (Å²) in [4.78, 5) is 0. The van der Waals surface area contributed by atoms with Gasteiger partial charge in [-0.3, -0.25) is 0 Å². The van der Waals surface area contributed by atoms with Gasteiger partial charge in [-0.2, -0.15) is 0 Å². The lowest BCUT2D eigenvalue weighted by Gasteiger charge is -2.19. The van der Waals surface area contributed by atoms with Crippen LogP contribution in [0.3, 0.4) is 0 Å². The van der Waals surface area contributed by atoms with Crippen LogP contribution in [0.2, 0.25) is 0 Å². The van der Waals surface area contributed by atoms with Crippen molar-refractivity contribution in [2.24, 2.45) is 0 Å². The highest BCUT2D eigenvalue weighted by Gasteiger charge is 2.09. The zero-order valence-corrected chi connectivity index (χ0v) is 11.0. The second-order valence-electron chi connectivity index (χ2n) is 4.55. The highest BCUT2D eigenvalue weighted by Crippen LogP contribution is 2.20. The predicted octanol–water partition coefficient (Wildman–Crippen LogP) is 4.45. The van der Waals surface area contributed by atoms with E-state index in [-0.39, 0.29) is 5.82 Å². The minimum Gasteiger partial charge on any atom is -0.310 e. The topological polar surface area (TPSA) is 12.0 Å². The van der Waals surface area contributed by atoms with Crippen LogP contribution in [-0.2, 0) is 0 Å². The van der Waals surface area contributed by atoms with Crippen molar-refractivity contribution in [2.45, 2.75) is 52.0 Å². The molecule has 0 aliphatic carbocycles. The first-order valence-corrected chi connectivity index (χ1v) is 6.76. The summed E-state index contributed by atoms with van der Waals surface area (Å²) in [6.07, 6.45) is 6.01. The van der Waals surface area contributed by atoms with Crippen LogP contribution in [0.25, 0.3) is 0 Å². The van der Waals surface area contributed by atoms with Crippen LogP contribution in [0.15, 0.2) is 24.3 Å². The number of unbranched alkanes of at least 4 members (excludes halogenated alkanes) is 2. The molecule has 1 atom stereocenters. The molecule has 0 aliphatic rings. The van der Waals surface area contributed by atoms with Crippen LogP contribution in [0.1, 0.15) is 57.6 Å². The van der Waals surface area contributed by atoms with Gasteiger partial charge < -0.3 is 5.32 Å². The molecule has 0 fully saturated rings. The fourth-order valence-corrected chi connectivity index (χ4v) is 2.00. The summed E-state index contributed by atoms with van der Waals surface area (Å²) in [6, 6.07) is 7.27. The van der Waals surface area contributed by atoms with Gasteiger partial charge in [0.25, 0.3) is 0 Å². The van der Waals surface area contributed by atoms with Crippen LogP contribution in [0, 0.1) is 5.82 Å². The Morgan fingerprint density at radius 2 is 1.76 bits per heavy atom. The molecule has 0 heterocycles. The molecule has 96 valence electrons. The van der Waals surface area contributed by atoms with Crippen molar-refractivity contribution in [1.29, 1.82) is 0 Å². The van der Waals surface area contributed by atoms with Gasteiger partial charge in [0, 0.05) is 6.04 Å². The Bertz CT molecular complexity index is 294. The molecule has 1 unspecified atom stereocenters. The summed E-state index contributed by atoms with van der Waals surface area (Å²) in [6.45, 7) is 5.40. The minimum atomic E-state index is -0.156. The van der Waals surface area contributed by atoms with Crippen molar-refractivity contribution < 1.29 is 4.39 Å². The second kappa shape index (κ2) is 8.24. The molecule has 2 heteroatoms. The fourth-order valence-electron chi connectivity index (χ4n) is 2.00. The Morgan fingerprint density at radius 1 is 1.06 bits per heavy atom. The van der Waals surface area contributed by atoms with E-state index in [9.17, 15) is 4.39 Å². The number of halogens is 1. The van der Waals surface area contributed by atoms with Crippen LogP contribution in [0.5, 0.6) is 0 Å². The number of benzene rings is 1. The maximum atomic E-state index is 12.9. The van der Waals surface area contributed by atoms with Gasteiger partial charge in [0.05, 0.1) is 0 Å². The zero-order valence-electron chi connectivity index (χ0n) is 11.0. The highest BCUT2D eigenvalue weighted by molar-refractivity contribution is 5.19. The van der Waals surface area contributed by atoms with Gasteiger partial charge in [-0.05, 0) is 37.1 Å². The molecule has 0 aliphatic heterocycles. The standard InChI is InChI=1S/C15H24FN/c1-3-5-6-7-15(17-12-4-2)13-8-10-14(16)11-9-13/h8-11,15,17H,3-7,12H2,1-2H3. The van der Waals surface area contributed by atoms with E-state index in [1.54, 1.807) is 12.1 Å². The zero-order chi connectivity index (χ0) is 12.5. The van der Waals surface area contributed by atoms with Crippen molar-refractivity contribution in [3.63, 3.8) is 0 Å². The van der Waals surface area contributed by atoms with Gasteiger partial charge in [0.1, 0.15) is 5.82 Å². The molecule has 17 heavy (non-hydrogen) atoms. The summed E-state index contributed by atoms with van der Waals surface area (Å²) in [5.74, 6) is -0.156. The molecule has 0 bridgehead atoms. The van der Waals surface area contributed by atoms with E-state index in [0.29, 0.717) is 6.04 Å². The first-order valence-electron chi connectivity index (χ1n) is 6.76. The SMILES string of the molecule is CCCCCC(NCCC)c1ccc(F)cc1. The van der Waals surface area contributed by atoms with Crippen molar-refractivity contribution in [1.82, 2.24) is 5.32 Å². The van der Waals surface area contributed by atoms with Gasteiger partial charge in [-0.25, -0.2) is 4.39 Å². The summed E-state index contributed by atoms with van der Waals surface area (Å²) in [5.41, 5.74) is 1.20. The summed E-state index contributed by atoms with van der Waals surface area (Å²) >= 11 is 0. The third-order valence-corrected chi connectivity index (χ3v) is 3.01. The van der Waals surface area contributed by atoms with Gasteiger partial charge >= 0.3 is 0 Å². The molecule has 0 spiro atoms. The van der Waals surface area contributed by atoms with Crippen LogP contribution < -0.4 is 5.32 Å². The Balaban J connectivity index is 2.57. The molecule has 1 aromatic carbocycles. The van der Waals surface area contributed by atoms with Crippen LogP contribution in [-0.4, -0.2) is 6.54 Å². The monoisotopic (exact) mass is 237 g/mol. The Hall–Kier alpha value is -0.890. The predicted molar refractivity (Wildman–Crippen MR) is 71.6 cm³/mol. The summed E-state index contributed by atoms with van der Waals surface area (Å²) in [7, 11) is 0. The van der Waals surface area contributed by atoms with Crippen molar-refractivity contribution in [3.8, 4) is 0 Å². The van der Waals surface area contributed by atoms with Gasteiger partial charge in [-0.15, -0.1) is 0 Å². The molecule has 0 saturated carbocycles.